The van der Waals surface area contributed by atoms with Crippen molar-refractivity contribution in [1.82, 2.24) is 14.3 Å². The highest BCUT2D eigenvalue weighted by atomic mass is 32.1. The van der Waals surface area contributed by atoms with Crippen molar-refractivity contribution in [2.24, 2.45) is 0 Å². The molecule has 0 aliphatic carbocycles. The second-order valence-corrected chi connectivity index (χ2v) is 5.44. The van der Waals surface area contributed by atoms with Crippen molar-refractivity contribution >= 4 is 22.6 Å². The number of benzene rings is 1. The maximum atomic E-state index is 11.9. The van der Waals surface area contributed by atoms with E-state index >= 15 is 0 Å². The van der Waals surface area contributed by atoms with Crippen molar-refractivity contribution < 1.29 is 4.79 Å². The van der Waals surface area contributed by atoms with Crippen LogP contribution in [0.2, 0.25) is 0 Å². The molecule has 3 rings (SSSR count). The zero-order chi connectivity index (χ0) is 15.2. The Kier molecular flexibility index (Phi) is 4.50. The number of nitrogens with zero attached hydrogens (tertiary/aromatic N) is 3. The van der Waals surface area contributed by atoms with Crippen molar-refractivity contribution in [2.45, 2.75) is 12.8 Å². The summed E-state index contributed by atoms with van der Waals surface area (Å²) in [5, 5.41) is 3.31. The molecule has 0 bridgehead atoms. The molecule has 0 saturated heterocycles. The van der Waals surface area contributed by atoms with Gasteiger partial charge < -0.3 is 5.32 Å². The number of amides is 1. The molecular weight excluding hydrogens is 296 g/mol. The zero-order valence-corrected chi connectivity index (χ0v) is 12.6. The van der Waals surface area contributed by atoms with Crippen LogP contribution in [0, 0.1) is 0 Å². The molecule has 1 N–H and O–H groups in total. The van der Waals surface area contributed by atoms with Crippen LogP contribution in [-0.4, -0.2) is 20.2 Å². The predicted octanol–water partition coefficient (Wildman–Crippen LogP) is 3.17. The summed E-state index contributed by atoms with van der Waals surface area (Å²) >= 11 is 1.18. The predicted molar refractivity (Wildman–Crippen MR) is 86.5 cm³/mol. The lowest BCUT2D eigenvalue weighted by Gasteiger charge is -2.01. The Hall–Kier alpha value is -2.60. The Morgan fingerprint density at radius 2 is 1.86 bits per heavy atom. The third-order valence-corrected chi connectivity index (χ3v) is 3.72. The van der Waals surface area contributed by atoms with Gasteiger partial charge in [0.2, 0.25) is 11.0 Å². The monoisotopic (exact) mass is 310 g/mol. The molecule has 0 fully saturated rings. The smallest absolute Gasteiger partial charge is 0.226 e. The van der Waals surface area contributed by atoms with E-state index in [0.717, 1.165) is 11.1 Å². The minimum atomic E-state index is -0.0544. The molecule has 1 amide bonds. The van der Waals surface area contributed by atoms with E-state index in [9.17, 15) is 4.79 Å². The van der Waals surface area contributed by atoms with Gasteiger partial charge in [-0.2, -0.15) is 9.36 Å². The molecule has 3 aromatic rings. The summed E-state index contributed by atoms with van der Waals surface area (Å²) in [5.74, 6) is 0.548. The van der Waals surface area contributed by atoms with E-state index < -0.39 is 0 Å². The summed E-state index contributed by atoms with van der Waals surface area (Å²) < 4.78 is 4.25. The second kappa shape index (κ2) is 6.91. The number of nitrogens with one attached hydrogen (secondary N) is 1. The minimum absolute atomic E-state index is 0.0544. The number of anilines is 1. The van der Waals surface area contributed by atoms with Gasteiger partial charge in [-0.25, -0.2) is 0 Å². The van der Waals surface area contributed by atoms with Crippen molar-refractivity contribution in [2.75, 3.05) is 5.32 Å². The number of aromatic nitrogens is 3. The number of hydrogen-bond donors (Lipinski definition) is 1. The van der Waals surface area contributed by atoms with Crippen molar-refractivity contribution in [3.8, 4) is 11.4 Å². The Labute approximate surface area is 132 Å². The lowest BCUT2D eigenvalue weighted by Crippen LogP contribution is -2.12. The van der Waals surface area contributed by atoms with Crippen LogP contribution in [0.5, 0.6) is 0 Å². The SMILES string of the molecule is O=C(CCc1ccccc1)Nc1nc(-c2ccncc2)ns1. The fraction of sp³-hybridized carbons (Fsp3) is 0.125. The largest absolute Gasteiger partial charge is 0.301 e. The van der Waals surface area contributed by atoms with Crippen LogP contribution in [0.25, 0.3) is 11.4 Å². The first kappa shape index (κ1) is 14.3. The average molecular weight is 310 g/mol. The van der Waals surface area contributed by atoms with Crippen LogP contribution in [0.4, 0.5) is 5.13 Å². The number of carbonyl (C=O) groups excluding carboxylic acids is 1. The van der Waals surface area contributed by atoms with Gasteiger partial charge in [0.25, 0.3) is 0 Å². The van der Waals surface area contributed by atoms with E-state index in [-0.39, 0.29) is 5.91 Å². The van der Waals surface area contributed by atoms with Gasteiger partial charge in [-0.15, -0.1) is 0 Å². The summed E-state index contributed by atoms with van der Waals surface area (Å²) in [6, 6.07) is 13.6. The molecular formula is C16H14N4OS. The van der Waals surface area contributed by atoms with E-state index in [1.54, 1.807) is 12.4 Å². The molecule has 0 aliphatic rings. The molecule has 0 aliphatic heterocycles. The lowest BCUT2D eigenvalue weighted by atomic mass is 10.1. The molecule has 6 heteroatoms. The number of aryl methyl sites for hydroxylation is 1. The summed E-state index contributed by atoms with van der Waals surface area (Å²) in [4.78, 5) is 20.2. The first-order valence-electron chi connectivity index (χ1n) is 6.89. The first-order chi connectivity index (χ1) is 10.8. The quantitative estimate of drug-likeness (QED) is 0.786. The van der Waals surface area contributed by atoms with Gasteiger partial charge in [-0.1, -0.05) is 30.3 Å². The number of pyridine rings is 1. The topological polar surface area (TPSA) is 67.8 Å². The molecule has 22 heavy (non-hydrogen) atoms. The Bertz CT molecular complexity index is 743. The highest BCUT2D eigenvalue weighted by Crippen LogP contribution is 2.20. The highest BCUT2D eigenvalue weighted by Gasteiger charge is 2.09. The molecule has 1 aromatic carbocycles. The molecule has 0 spiro atoms. The van der Waals surface area contributed by atoms with E-state index in [2.05, 4.69) is 19.7 Å². The zero-order valence-electron chi connectivity index (χ0n) is 11.8. The van der Waals surface area contributed by atoms with Crippen LogP contribution < -0.4 is 5.32 Å². The van der Waals surface area contributed by atoms with Gasteiger partial charge in [0, 0.05) is 35.9 Å². The molecule has 110 valence electrons. The fourth-order valence-electron chi connectivity index (χ4n) is 1.98. The molecule has 5 nitrogen and oxygen atoms in total. The molecule has 0 atom stereocenters. The Balaban J connectivity index is 1.57. The summed E-state index contributed by atoms with van der Waals surface area (Å²) in [6.07, 6.45) is 4.51. The van der Waals surface area contributed by atoms with Crippen LogP contribution in [-0.2, 0) is 11.2 Å². The van der Waals surface area contributed by atoms with Crippen LogP contribution >= 0.6 is 11.5 Å². The van der Waals surface area contributed by atoms with Gasteiger partial charge in [0.05, 0.1) is 0 Å². The maximum absolute atomic E-state index is 11.9. The highest BCUT2D eigenvalue weighted by molar-refractivity contribution is 7.10. The van der Waals surface area contributed by atoms with Crippen molar-refractivity contribution in [3.05, 3.63) is 60.4 Å². The summed E-state index contributed by atoms with van der Waals surface area (Å²) in [6.45, 7) is 0. The number of carbonyl (C=O) groups is 1. The van der Waals surface area contributed by atoms with E-state index in [1.165, 1.54) is 11.5 Å². The molecule has 2 aromatic heterocycles. The lowest BCUT2D eigenvalue weighted by molar-refractivity contribution is -0.116. The van der Waals surface area contributed by atoms with Crippen LogP contribution in [0.1, 0.15) is 12.0 Å². The maximum Gasteiger partial charge on any atom is 0.226 e. The van der Waals surface area contributed by atoms with Gasteiger partial charge in [0.15, 0.2) is 5.82 Å². The van der Waals surface area contributed by atoms with Gasteiger partial charge in [-0.05, 0) is 24.1 Å². The number of hydrogen-bond acceptors (Lipinski definition) is 5. The molecule has 0 saturated carbocycles. The second-order valence-electron chi connectivity index (χ2n) is 4.69. The first-order valence-corrected chi connectivity index (χ1v) is 7.66. The van der Waals surface area contributed by atoms with E-state index in [0.29, 0.717) is 23.8 Å². The van der Waals surface area contributed by atoms with Crippen molar-refractivity contribution in [3.63, 3.8) is 0 Å². The van der Waals surface area contributed by atoms with Crippen LogP contribution in [0.15, 0.2) is 54.9 Å². The minimum Gasteiger partial charge on any atom is -0.301 e. The molecule has 2 heterocycles. The van der Waals surface area contributed by atoms with Crippen LogP contribution in [0.3, 0.4) is 0 Å². The molecule has 0 unspecified atom stereocenters. The fourth-order valence-corrected chi connectivity index (χ4v) is 2.58. The Morgan fingerprint density at radius 1 is 1.09 bits per heavy atom. The molecule has 0 radical (unpaired) electrons. The standard InChI is InChI=1S/C16H14N4OS/c21-14(7-6-12-4-2-1-3-5-12)18-16-19-15(20-22-16)13-8-10-17-11-9-13/h1-5,8-11H,6-7H2,(H,18,19,20,21). The average Bonchev–Trinajstić information content (AvgIpc) is 3.03. The summed E-state index contributed by atoms with van der Waals surface area (Å²) in [7, 11) is 0. The van der Waals surface area contributed by atoms with E-state index in [1.807, 2.05) is 42.5 Å². The van der Waals surface area contributed by atoms with E-state index in [4.69, 9.17) is 0 Å². The van der Waals surface area contributed by atoms with Gasteiger partial charge in [-0.3, -0.25) is 9.78 Å². The third-order valence-electron chi connectivity index (χ3n) is 3.09. The Morgan fingerprint density at radius 3 is 2.64 bits per heavy atom. The van der Waals surface area contributed by atoms with Gasteiger partial charge in [0.1, 0.15) is 0 Å². The normalized spacial score (nSPS) is 10.4. The van der Waals surface area contributed by atoms with Gasteiger partial charge >= 0.3 is 0 Å². The van der Waals surface area contributed by atoms with Crippen molar-refractivity contribution in [1.29, 1.82) is 0 Å². The third kappa shape index (κ3) is 3.73. The summed E-state index contributed by atoms with van der Waals surface area (Å²) in [5.41, 5.74) is 2.03. The number of rotatable bonds is 5.